The molecule has 0 aromatic heterocycles. The van der Waals surface area contributed by atoms with Crippen LogP contribution < -0.4 is 15.5 Å². The third-order valence-electron chi connectivity index (χ3n) is 3.54. The Morgan fingerprint density at radius 3 is 2.12 bits per heavy atom. The van der Waals surface area contributed by atoms with Crippen LogP contribution in [0, 0.1) is 0 Å². The van der Waals surface area contributed by atoms with E-state index < -0.39 is 0 Å². The van der Waals surface area contributed by atoms with E-state index in [2.05, 4.69) is 10.6 Å². The first-order valence-electron chi connectivity index (χ1n) is 7.96. The minimum Gasteiger partial charge on any atom is -0.350 e. The lowest BCUT2D eigenvalue weighted by Crippen LogP contribution is -2.37. The van der Waals surface area contributed by atoms with Crippen molar-refractivity contribution in [1.29, 1.82) is 0 Å². The van der Waals surface area contributed by atoms with Crippen molar-refractivity contribution in [2.45, 2.75) is 13.8 Å². The van der Waals surface area contributed by atoms with Crippen molar-refractivity contribution < 1.29 is 14.4 Å². The van der Waals surface area contributed by atoms with Crippen molar-refractivity contribution >= 4 is 29.1 Å². The Labute approximate surface area is 146 Å². The summed E-state index contributed by atoms with van der Waals surface area (Å²) in [5, 5.41) is 5.48. The van der Waals surface area contributed by atoms with Gasteiger partial charge in [0.25, 0.3) is 5.91 Å². The summed E-state index contributed by atoms with van der Waals surface area (Å²) in [7, 11) is 0. The minimum atomic E-state index is -0.176. The molecule has 0 aliphatic heterocycles. The predicted molar refractivity (Wildman–Crippen MR) is 97.5 cm³/mol. The van der Waals surface area contributed by atoms with E-state index in [4.69, 9.17) is 0 Å². The molecular formula is C19H21N3O3. The van der Waals surface area contributed by atoms with E-state index in [1.807, 2.05) is 6.07 Å². The Morgan fingerprint density at radius 1 is 0.920 bits per heavy atom. The number of rotatable bonds is 6. The molecule has 6 heteroatoms. The third-order valence-corrected chi connectivity index (χ3v) is 3.54. The van der Waals surface area contributed by atoms with Crippen LogP contribution in [0.2, 0.25) is 0 Å². The molecule has 0 spiro atoms. The molecule has 0 aliphatic carbocycles. The molecule has 2 rings (SSSR count). The van der Waals surface area contributed by atoms with Crippen molar-refractivity contribution in [1.82, 2.24) is 5.32 Å². The SMILES string of the molecule is CC(=O)Nc1ccc(N(CCNC(=O)c2ccccc2)C(C)=O)cc1. The zero-order chi connectivity index (χ0) is 18.2. The molecule has 0 fully saturated rings. The van der Waals surface area contributed by atoms with E-state index in [0.717, 1.165) is 0 Å². The molecule has 0 bridgehead atoms. The molecule has 0 saturated heterocycles. The maximum absolute atomic E-state index is 12.0. The monoisotopic (exact) mass is 339 g/mol. The quantitative estimate of drug-likeness (QED) is 0.848. The van der Waals surface area contributed by atoms with Gasteiger partial charge >= 0.3 is 0 Å². The molecule has 0 aliphatic rings. The van der Waals surface area contributed by atoms with Crippen LogP contribution in [0.15, 0.2) is 54.6 Å². The topological polar surface area (TPSA) is 78.5 Å². The van der Waals surface area contributed by atoms with Crippen LogP contribution in [-0.2, 0) is 9.59 Å². The number of nitrogens with zero attached hydrogens (tertiary/aromatic N) is 1. The van der Waals surface area contributed by atoms with Crippen molar-refractivity contribution in [3.8, 4) is 0 Å². The number of nitrogens with one attached hydrogen (secondary N) is 2. The van der Waals surface area contributed by atoms with Gasteiger partial charge < -0.3 is 15.5 Å². The van der Waals surface area contributed by atoms with Crippen LogP contribution in [0.25, 0.3) is 0 Å². The first-order valence-corrected chi connectivity index (χ1v) is 7.96. The molecule has 0 atom stereocenters. The first kappa shape index (κ1) is 18.2. The molecule has 0 radical (unpaired) electrons. The summed E-state index contributed by atoms with van der Waals surface area (Å²) in [6.07, 6.45) is 0. The second kappa shape index (κ2) is 8.63. The lowest BCUT2D eigenvalue weighted by Gasteiger charge is -2.21. The van der Waals surface area contributed by atoms with Crippen molar-refractivity contribution in [2.75, 3.05) is 23.3 Å². The van der Waals surface area contributed by atoms with Gasteiger partial charge in [-0.15, -0.1) is 0 Å². The van der Waals surface area contributed by atoms with Crippen molar-refractivity contribution in [2.24, 2.45) is 0 Å². The van der Waals surface area contributed by atoms with Gasteiger partial charge in [-0.1, -0.05) is 18.2 Å². The highest BCUT2D eigenvalue weighted by Crippen LogP contribution is 2.18. The van der Waals surface area contributed by atoms with Crippen LogP contribution in [-0.4, -0.2) is 30.8 Å². The molecule has 2 aromatic carbocycles. The number of hydrogen-bond donors (Lipinski definition) is 2. The Morgan fingerprint density at radius 2 is 1.56 bits per heavy atom. The summed E-state index contributed by atoms with van der Waals surface area (Å²) in [5.41, 5.74) is 1.95. The summed E-state index contributed by atoms with van der Waals surface area (Å²) >= 11 is 0. The van der Waals surface area contributed by atoms with Crippen LogP contribution in [0.5, 0.6) is 0 Å². The second-order valence-electron chi connectivity index (χ2n) is 5.52. The summed E-state index contributed by atoms with van der Waals surface area (Å²) in [6, 6.07) is 15.9. The normalized spacial score (nSPS) is 10.0. The molecule has 0 heterocycles. The number of amides is 3. The Kier molecular flexibility index (Phi) is 6.28. The van der Waals surface area contributed by atoms with Gasteiger partial charge in [-0.3, -0.25) is 14.4 Å². The Bertz CT molecular complexity index is 742. The van der Waals surface area contributed by atoms with Gasteiger partial charge in [-0.2, -0.15) is 0 Å². The standard InChI is InChI=1S/C19H21N3O3/c1-14(23)21-17-8-10-18(11-9-17)22(15(2)24)13-12-20-19(25)16-6-4-3-5-7-16/h3-11H,12-13H2,1-2H3,(H,20,25)(H,21,23). The van der Waals surface area contributed by atoms with E-state index in [9.17, 15) is 14.4 Å². The minimum absolute atomic E-state index is 0.124. The summed E-state index contributed by atoms with van der Waals surface area (Å²) < 4.78 is 0. The highest BCUT2D eigenvalue weighted by Gasteiger charge is 2.12. The Hall–Kier alpha value is -3.15. The molecular weight excluding hydrogens is 318 g/mol. The fourth-order valence-corrected chi connectivity index (χ4v) is 2.37. The van der Waals surface area contributed by atoms with E-state index in [0.29, 0.717) is 30.0 Å². The fourth-order valence-electron chi connectivity index (χ4n) is 2.37. The predicted octanol–water partition coefficient (Wildman–Crippen LogP) is 2.43. The average molecular weight is 339 g/mol. The average Bonchev–Trinajstić information content (AvgIpc) is 2.59. The number of anilines is 2. The van der Waals surface area contributed by atoms with Gasteiger partial charge in [0.05, 0.1) is 0 Å². The summed E-state index contributed by atoms with van der Waals surface area (Å²) in [5.74, 6) is -0.453. The van der Waals surface area contributed by atoms with Gasteiger partial charge in [-0.05, 0) is 36.4 Å². The van der Waals surface area contributed by atoms with Gasteiger partial charge in [0.15, 0.2) is 0 Å². The second-order valence-corrected chi connectivity index (χ2v) is 5.52. The maximum atomic E-state index is 12.0. The first-order chi connectivity index (χ1) is 12.0. The molecule has 0 unspecified atom stereocenters. The van der Waals surface area contributed by atoms with Crippen molar-refractivity contribution in [3.63, 3.8) is 0 Å². The molecule has 0 saturated carbocycles. The van der Waals surface area contributed by atoms with E-state index in [1.54, 1.807) is 53.4 Å². The fraction of sp³-hybridized carbons (Fsp3) is 0.211. The molecule has 2 aromatic rings. The van der Waals surface area contributed by atoms with Gasteiger partial charge in [0.2, 0.25) is 11.8 Å². The molecule has 6 nitrogen and oxygen atoms in total. The Balaban J connectivity index is 1.95. The molecule has 25 heavy (non-hydrogen) atoms. The number of hydrogen-bond acceptors (Lipinski definition) is 3. The third kappa shape index (κ3) is 5.46. The zero-order valence-corrected chi connectivity index (χ0v) is 14.3. The maximum Gasteiger partial charge on any atom is 0.251 e. The van der Waals surface area contributed by atoms with E-state index in [-0.39, 0.29) is 17.7 Å². The van der Waals surface area contributed by atoms with Crippen LogP contribution in [0.3, 0.4) is 0 Å². The highest BCUT2D eigenvalue weighted by atomic mass is 16.2. The number of carbonyl (C=O) groups excluding carboxylic acids is 3. The molecule has 2 N–H and O–H groups in total. The van der Waals surface area contributed by atoms with E-state index >= 15 is 0 Å². The van der Waals surface area contributed by atoms with Crippen molar-refractivity contribution in [3.05, 3.63) is 60.2 Å². The van der Waals surface area contributed by atoms with Crippen LogP contribution in [0.4, 0.5) is 11.4 Å². The lowest BCUT2D eigenvalue weighted by atomic mass is 10.2. The number of carbonyl (C=O) groups is 3. The van der Waals surface area contributed by atoms with Gasteiger partial charge in [0.1, 0.15) is 0 Å². The van der Waals surface area contributed by atoms with E-state index in [1.165, 1.54) is 13.8 Å². The zero-order valence-electron chi connectivity index (χ0n) is 14.3. The van der Waals surface area contributed by atoms with Crippen LogP contribution >= 0.6 is 0 Å². The van der Waals surface area contributed by atoms with Crippen LogP contribution in [0.1, 0.15) is 24.2 Å². The summed E-state index contributed by atoms with van der Waals surface area (Å²) in [4.78, 5) is 36.5. The molecule has 3 amide bonds. The summed E-state index contributed by atoms with van der Waals surface area (Å²) in [6.45, 7) is 3.60. The number of benzene rings is 2. The van der Waals surface area contributed by atoms with Gasteiger partial charge in [-0.25, -0.2) is 0 Å². The lowest BCUT2D eigenvalue weighted by molar-refractivity contribution is -0.116. The molecule has 130 valence electrons. The highest BCUT2D eigenvalue weighted by molar-refractivity contribution is 5.95. The largest absolute Gasteiger partial charge is 0.350 e. The smallest absolute Gasteiger partial charge is 0.251 e. The van der Waals surface area contributed by atoms with Gasteiger partial charge in [0, 0.05) is 43.9 Å².